The lowest BCUT2D eigenvalue weighted by molar-refractivity contribution is -0.138. The molecule has 8 nitrogen and oxygen atoms in total. The first-order valence-electron chi connectivity index (χ1n) is 9.60. The molecule has 0 aliphatic carbocycles. The van der Waals surface area contributed by atoms with Crippen molar-refractivity contribution in [3.05, 3.63) is 36.4 Å². The first kappa shape index (κ1) is 26.9. The molecule has 2 N–H and O–H groups in total. The molecule has 1 aromatic rings. The fourth-order valence-corrected chi connectivity index (χ4v) is 1.75. The van der Waals surface area contributed by atoms with Gasteiger partial charge in [-0.3, -0.25) is 0 Å². The van der Waals surface area contributed by atoms with E-state index in [1.54, 1.807) is 0 Å². The van der Waals surface area contributed by atoms with E-state index in [0.29, 0.717) is 66.1 Å². The second-order valence-electron chi connectivity index (χ2n) is 5.31. The first-order valence-corrected chi connectivity index (χ1v) is 9.60. The van der Waals surface area contributed by atoms with E-state index < -0.39 is 6.29 Å². The molecule has 0 aromatic heterocycles. The van der Waals surface area contributed by atoms with Crippen LogP contribution in [0.3, 0.4) is 0 Å². The zero-order valence-corrected chi connectivity index (χ0v) is 16.9. The van der Waals surface area contributed by atoms with E-state index in [9.17, 15) is 5.11 Å². The van der Waals surface area contributed by atoms with Crippen molar-refractivity contribution in [1.82, 2.24) is 0 Å². The van der Waals surface area contributed by atoms with Gasteiger partial charge < -0.3 is 38.6 Å². The Morgan fingerprint density at radius 3 is 1.32 bits per heavy atom. The van der Waals surface area contributed by atoms with Gasteiger partial charge >= 0.3 is 0 Å². The average Bonchev–Trinajstić information content (AvgIpc) is 2.73. The highest BCUT2D eigenvalue weighted by Gasteiger charge is 2.01. The van der Waals surface area contributed by atoms with Gasteiger partial charge in [0.15, 0.2) is 6.29 Å². The molecular formula is C20H36O8. The van der Waals surface area contributed by atoms with Gasteiger partial charge in [0.05, 0.1) is 72.7 Å². The summed E-state index contributed by atoms with van der Waals surface area (Å²) >= 11 is 0. The third-order valence-corrected chi connectivity index (χ3v) is 3.01. The number of aliphatic hydroxyl groups excluding tert-OH is 2. The van der Waals surface area contributed by atoms with Crippen molar-refractivity contribution in [3.63, 3.8) is 0 Å². The van der Waals surface area contributed by atoms with Gasteiger partial charge in [0.1, 0.15) is 0 Å². The summed E-state index contributed by atoms with van der Waals surface area (Å²) in [6.45, 7) is 6.57. The fraction of sp³-hybridized carbons (Fsp3) is 0.700. The molecule has 0 amide bonds. The van der Waals surface area contributed by atoms with E-state index in [4.69, 9.17) is 33.5 Å². The lowest BCUT2D eigenvalue weighted by Gasteiger charge is -2.11. The van der Waals surface area contributed by atoms with Crippen molar-refractivity contribution >= 4 is 0 Å². The van der Waals surface area contributed by atoms with Crippen LogP contribution in [-0.4, -0.2) is 95.8 Å². The summed E-state index contributed by atoms with van der Waals surface area (Å²) in [5, 5.41) is 17.7. The SMILES string of the molecule is CCOC(O)COCCOCCOCCOCCOCCO.c1ccccc1. The zero-order valence-electron chi connectivity index (χ0n) is 16.9. The standard InChI is InChI=1S/C14H30O8.C6H6/c1-2-22-14(16)13-21-12-11-20-10-9-19-8-7-18-6-5-17-4-3-15;1-2-4-6-5-3-1/h14-16H,2-13H2,1H3;1-6H. The second-order valence-corrected chi connectivity index (χ2v) is 5.31. The highest BCUT2D eigenvalue weighted by molar-refractivity contribution is 4.99. The number of benzene rings is 1. The fourth-order valence-electron chi connectivity index (χ4n) is 1.75. The Bertz CT molecular complexity index is 353. The molecule has 0 aliphatic rings. The topological polar surface area (TPSA) is 95.8 Å². The molecular weight excluding hydrogens is 368 g/mol. The molecule has 28 heavy (non-hydrogen) atoms. The largest absolute Gasteiger partial charge is 0.394 e. The number of hydrogen-bond acceptors (Lipinski definition) is 8. The van der Waals surface area contributed by atoms with Crippen LogP contribution in [0.1, 0.15) is 6.92 Å². The van der Waals surface area contributed by atoms with E-state index >= 15 is 0 Å². The van der Waals surface area contributed by atoms with Gasteiger partial charge in [0.2, 0.25) is 0 Å². The van der Waals surface area contributed by atoms with Gasteiger partial charge in [-0.1, -0.05) is 36.4 Å². The van der Waals surface area contributed by atoms with Crippen molar-refractivity contribution in [2.75, 3.05) is 79.3 Å². The highest BCUT2D eigenvalue weighted by Crippen LogP contribution is 1.89. The van der Waals surface area contributed by atoms with Crippen LogP contribution >= 0.6 is 0 Å². The molecule has 0 saturated heterocycles. The van der Waals surface area contributed by atoms with E-state index in [0.717, 1.165) is 0 Å². The third-order valence-electron chi connectivity index (χ3n) is 3.01. The summed E-state index contributed by atoms with van der Waals surface area (Å²) < 4.78 is 30.9. The van der Waals surface area contributed by atoms with Gasteiger partial charge in [0, 0.05) is 6.61 Å². The average molecular weight is 405 g/mol. The van der Waals surface area contributed by atoms with Crippen LogP contribution in [0.15, 0.2) is 36.4 Å². The Morgan fingerprint density at radius 1 is 0.607 bits per heavy atom. The van der Waals surface area contributed by atoms with Crippen LogP contribution in [0, 0.1) is 0 Å². The van der Waals surface area contributed by atoms with E-state index in [1.807, 2.05) is 43.3 Å². The van der Waals surface area contributed by atoms with Crippen LogP contribution < -0.4 is 0 Å². The molecule has 0 aliphatic heterocycles. The van der Waals surface area contributed by atoms with Crippen molar-refractivity contribution in [2.24, 2.45) is 0 Å². The number of hydrogen-bond donors (Lipinski definition) is 2. The van der Waals surface area contributed by atoms with E-state index in [-0.39, 0.29) is 13.2 Å². The molecule has 1 unspecified atom stereocenters. The van der Waals surface area contributed by atoms with Gasteiger partial charge in [-0.2, -0.15) is 0 Å². The summed E-state index contributed by atoms with van der Waals surface area (Å²) in [5.74, 6) is 0. The molecule has 164 valence electrons. The van der Waals surface area contributed by atoms with Crippen LogP contribution in [0.2, 0.25) is 0 Å². The van der Waals surface area contributed by atoms with Gasteiger partial charge in [-0.15, -0.1) is 0 Å². The molecule has 0 heterocycles. The Hall–Kier alpha value is -1.10. The first-order chi connectivity index (χ1) is 13.8. The quantitative estimate of drug-likeness (QED) is 0.277. The summed E-state index contributed by atoms with van der Waals surface area (Å²) in [6, 6.07) is 12.0. The minimum Gasteiger partial charge on any atom is -0.394 e. The minimum atomic E-state index is -0.873. The maximum absolute atomic E-state index is 9.21. The van der Waals surface area contributed by atoms with Crippen molar-refractivity contribution in [1.29, 1.82) is 0 Å². The van der Waals surface area contributed by atoms with E-state index in [2.05, 4.69) is 0 Å². The predicted octanol–water partition coefficient (Wildman–Crippen LogP) is 1.10. The Labute approximate surface area is 168 Å². The second kappa shape index (κ2) is 23.9. The van der Waals surface area contributed by atoms with Crippen LogP contribution in [0.5, 0.6) is 0 Å². The summed E-state index contributed by atoms with van der Waals surface area (Å²) in [7, 11) is 0. The minimum absolute atomic E-state index is 0.0290. The maximum Gasteiger partial charge on any atom is 0.178 e. The smallest absolute Gasteiger partial charge is 0.178 e. The van der Waals surface area contributed by atoms with Crippen LogP contribution in [-0.2, 0) is 28.4 Å². The van der Waals surface area contributed by atoms with Crippen LogP contribution in [0.4, 0.5) is 0 Å². The summed E-state index contributed by atoms with van der Waals surface area (Å²) in [6.07, 6.45) is -0.873. The Kier molecular flexibility index (Phi) is 23.0. The zero-order chi connectivity index (χ0) is 20.5. The normalized spacial score (nSPS) is 11.7. The van der Waals surface area contributed by atoms with Crippen molar-refractivity contribution in [3.8, 4) is 0 Å². The van der Waals surface area contributed by atoms with E-state index in [1.165, 1.54) is 0 Å². The predicted molar refractivity (Wildman–Crippen MR) is 105 cm³/mol. The lowest BCUT2D eigenvalue weighted by atomic mass is 10.4. The molecule has 8 heteroatoms. The monoisotopic (exact) mass is 404 g/mol. The van der Waals surface area contributed by atoms with Crippen molar-refractivity contribution < 1.29 is 38.6 Å². The molecule has 0 fully saturated rings. The van der Waals surface area contributed by atoms with Crippen LogP contribution in [0.25, 0.3) is 0 Å². The Balaban J connectivity index is 0.00000102. The molecule has 0 saturated carbocycles. The molecule has 0 spiro atoms. The lowest BCUT2D eigenvalue weighted by Crippen LogP contribution is -2.20. The number of rotatable bonds is 18. The maximum atomic E-state index is 9.21. The summed E-state index contributed by atoms with van der Waals surface area (Å²) in [5.41, 5.74) is 0. The highest BCUT2D eigenvalue weighted by atomic mass is 16.6. The molecule has 1 atom stereocenters. The van der Waals surface area contributed by atoms with Gasteiger partial charge in [-0.05, 0) is 6.92 Å². The number of aliphatic hydroxyl groups is 2. The summed E-state index contributed by atoms with van der Waals surface area (Å²) in [4.78, 5) is 0. The van der Waals surface area contributed by atoms with Gasteiger partial charge in [0.25, 0.3) is 0 Å². The molecule has 1 aromatic carbocycles. The molecule has 1 rings (SSSR count). The third kappa shape index (κ3) is 22.9. The van der Waals surface area contributed by atoms with Crippen molar-refractivity contribution in [2.45, 2.75) is 13.2 Å². The molecule has 0 radical (unpaired) electrons. The number of ether oxygens (including phenoxy) is 6. The molecule has 0 bridgehead atoms. The Morgan fingerprint density at radius 2 is 0.964 bits per heavy atom. The van der Waals surface area contributed by atoms with Gasteiger partial charge in [-0.25, -0.2) is 0 Å².